The largest absolute Gasteiger partial charge is 0.466 e. The molecular formula is C20H33N3O5. The van der Waals surface area contributed by atoms with Crippen LogP contribution in [0.3, 0.4) is 0 Å². The van der Waals surface area contributed by atoms with E-state index in [1.807, 2.05) is 25.7 Å². The third kappa shape index (κ3) is 4.11. The van der Waals surface area contributed by atoms with E-state index >= 15 is 0 Å². The number of carbonyl (C=O) groups excluding carboxylic acids is 3. The fourth-order valence-corrected chi connectivity index (χ4v) is 4.99. The minimum atomic E-state index is -0.612. The molecule has 0 spiro atoms. The first-order valence-electron chi connectivity index (χ1n) is 10.4. The number of nitrogens with two attached hydrogens (primary N) is 1. The highest BCUT2D eigenvalue weighted by Gasteiger charge is 2.54. The van der Waals surface area contributed by atoms with E-state index in [0.29, 0.717) is 19.6 Å². The van der Waals surface area contributed by atoms with Crippen LogP contribution < -0.4 is 5.73 Å². The Morgan fingerprint density at radius 2 is 1.93 bits per heavy atom. The van der Waals surface area contributed by atoms with Gasteiger partial charge in [-0.15, -0.1) is 0 Å². The average Bonchev–Trinajstić information content (AvgIpc) is 3.06. The fraction of sp³-hybridized carbons (Fsp3) is 0.850. The molecule has 2 N–H and O–H groups in total. The Morgan fingerprint density at radius 3 is 2.50 bits per heavy atom. The molecule has 3 aliphatic rings. The Hall–Kier alpha value is -1.83. The summed E-state index contributed by atoms with van der Waals surface area (Å²) in [5.41, 5.74) is 5.31. The van der Waals surface area contributed by atoms with Gasteiger partial charge in [0, 0.05) is 24.5 Å². The first-order valence-corrected chi connectivity index (χ1v) is 10.4. The highest BCUT2D eigenvalue weighted by atomic mass is 16.6. The molecule has 2 aliphatic heterocycles. The smallest absolute Gasteiger partial charge is 0.410 e. The van der Waals surface area contributed by atoms with Crippen molar-refractivity contribution in [2.24, 2.45) is 11.7 Å². The molecule has 28 heavy (non-hydrogen) atoms. The van der Waals surface area contributed by atoms with Crippen molar-refractivity contribution >= 4 is 18.0 Å². The standard InChI is InChI=1S/C20H33N3O5/c1-5-27-17(24)11-16-13-10-12(23(16)19(26)28-20(2,3)4)6-7-15(13)22-9-8-14(21)18(22)25/h12-16H,5-11,21H2,1-4H3/t12?,13?,14-,15?,16?/m0/s1. The Kier molecular flexibility index (Phi) is 5.89. The van der Waals surface area contributed by atoms with Gasteiger partial charge in [0.15, 0.2) is 0 Å². The van der Waals surface area contributed by atoms with Crippen LogP contribution in [0.4, 0.5) is 4.79 Å². The van der Waals surface area contributed by atoms with Gasteiger partial charge in [-0.1, -0.05) is 0 Å². The number of ether oxygens (including phenoxy) is 2. The summed E-state index contributed by atoms with van der Waals surface area (Å²) in [4.78, 5) is 41.4. The van der Waals surface area contributed by atoms with Crippen molar-refractivity contribution in [3.63, 3.8) is 0 Å². The van der Waals surface area contributed by atoms with E-state index in [4.69, 9.17) is 15.2 Å². The van der Waals surface area contributed by atoms with Crippen LogP contribution >= 0.6 is 0 Å². The minimum Gasteiger partial charge on any atom is -0.466 e. The fourth-order valence-electron chi connectivity index (χ4n) is 4.99. The van der Waals surface area contributed by atoms with Crippen LogP contribution in [0.2, 0.25) is 0 Å². The Balaban J connectivity index is 1.84. The lowest BCUT2D eigenvalue weighted by Gasteiger charge is -2.36. The molecule has 2 saturated heterocycles. The SMILES string of the molecule is CCOC(=O)CC1C2CC(CCC2N2CC[C@H](N)C2=O)N1C(=O)OC(C)(C)C. The molecule has 158 valence electrons. The quantitative estimate of drug-likeness (QED) is 0.726. The van der Waals surface area contributed by atoms with Crippen LogP contribution in [-0.2, 0) is 19.1 Å². The van der Waals surface area contributed by atoms with Gasteiger partial charge in [-0.2, -0.15) is 0 Å². The molecular weight excluding hydrogens is 362 g/mol. The monoisotopic (exact) mass is 395 g/mol. The third-order valence-electron chi connectivity index (χ3n) is 6.05. The van der Waals surface area contributed by atoms with E-state index in [1.165, 1.54) is 0 Å². The molecule has 8 heteroatoms. The van der Waals surface area contributed by atoms with Crippen LogP contribution in [-0.4, -0.2) is 70.7 Å². The lowest BCUT2D eigenvalue weighted by molar-refractivity contribution is -0.144. The summed E-state index contributed by atoms with van der Waals surface area (Å²) in [5.74, 6) is -0.309. The van der Waals surface area contributed by atoms with Crippen LogP contribution in [0.5, 0.6) is 0 Å². The maximum Gasteiger partial charge on any atom is 0.410 e. The van der Waals surface area contributed by atoms with E-state index < -0.39 is 11.6 Å². The number of likely N-dealkylation sites (tertiary alicyclic amines) is 2. The molecule has 2 heterocycles. The first-order chi connectivity index (χ1) is 13.1. The number of nitrogens with zero attached hydrogens (tertiary/aromatic N) is 2. The Labute approximate surface area is 166 Å². The highest BCUT2D eigenvalue weighted by molar-refractivity contribution is 5.84. The van der Waals surface area contributed by atoms with Gasteiger partial charge >= 0.3 is 12.1 Å². The van der Waals surface area contributed by atoms with Gasteiger partial charge in [-0.25, -0.2) is 4.79 Å². The Bertz CT molecular complexity index is 632. The van der Waals surface area contributed by atoms with Crippen LogP contribution in [0.25, 0.3) is 0 Å². The predicted octanol–water partition coefficient (Wildman–Crippen LogP) is 1.66. The topological polar surface area (TPSA) is 102 Å². The molecule has 2 amide bonds. The lowest BCUT2D eigenvalue weighted by Crippen LogP contribution is -2.49. The molecule has 1 aliphatic carbocycles. The van der Waals surface area contributed by atoms with Crippen LogP contribution in [0.15, 0.2) is 0 Å². The van der Waals surface area contributed by atoms with Crippen molar-refractivity contribution in [3.05, 3.63) is 0 Å². The Morgan fingerprint density at radius 1 is 1.21 bits per heavy atom. The summed E-state index contributed by atoms with van der Waals surface area (Å²) < 4.78 is 10.8. The van der Waals surface area contributed by atoms with E-state index in [9.17, 15) is 14.4 Å². The molecule has 0 aromatic rings. The number of hydrogen-bond acceptors (Lipinski definition) is 6. The second-order valence-corrected chi connectivity index (χ2v) is 9.09. The summed E-state index contributed by atoms with van der Waals surface area (Å²) in [6, 6.07) is -0.730. The van der Waals surface area contributed by atoms with E-state index in [0.717, 1.165) is 19.3 Å². The number of hydrogen-bond donors (Lipinski definition) is 1. The van der Waals surface area contributed by atoms with Crippen LogP contribution in [0.1, 0.15) is 59.8 Å². The van der Waals surface area contributed by atoms with Crippen molar-refractivity contribution in [2.45, 2.75) is 89.6 Å². The summed E-state index contributed by atoms with van der Waals surface area (Å²) in [7, 11) is 0. The van der Waals surface area contributed by atoms with Crippen LogP contribution in [0, 0.1) is 5.92 Å². The van der Waals surface area contributed by atoms with Gasteiger partial charge < -0.3 is 25.0 Å². The molecule has 2 bridgehead atoms. The molecule has 0 aromatic carbocycles. The molecule has 3 fully saturated rings. The summed E-state index contributed by atoms with van der Waals surface area (Å²) in [6.45, 7) is 8.21. The maximum atomic E-state index is 12.9. The molecule has 4 unspecified atom stereocenters. The van der Waals surface area contributed by atoms with E-state index in [-0.39, 0.29) is 48.4 Å². The van der Waals surface area contributed by atoms with Crippen molar-refractivity contribution < 1.29 is 23.9 Å². The summed E-state index contributed by atoms with van der Waals surface area (Å²) >= 11 is 0. The lowest BCUT2D eigenvalue weighted by atomic mass is 9.81. The van der Waals surface area contributed by atoms with Crippen molar-refractivity contribution in [3.8, 4) is 0 Å². The zero-order valence-corrected chi connectivity index (χ0v) is 17.3. The molecule has 8 nitrogen and oxygen atoms in total. The zero-order chi connectivity index (χ0) is 20.6. The van der Waals surface area contributed by atoms with Gasteiger partial charge in [0.1, 0.15) is 5.60 Å². The molecule has 1 saturated carbocycles. The highest BCUT2D eigenvalue weighted by Crippen LogP contribution is 2.45. The molecule has 3 rings (SSSR count). The van der Waals surface area contributed by atoms with Crippen molar-refractivity contribution in [1.29, 1.82) is 0 Å². The van der Waals surface area contributed by atoms with E-state index in [2.05, 4.69) is 0 Å². The van der Waals surface area contributed by atoms with Gasteiger partial charge in [-0.05, 0) is 53.4 Å². The number of carbonyl (C=O) groups is 3. The number of amides is 2. The van der Waals surface area contributed by atoms with Crippen molar-refractivity contribution in [2.75, 3.05) is 13.2 Å². The second-order valence-electron chi connectivity index (χ2n) is 9.09. The number of esters is 1. The van der Waals surface area contributed by atoms with Gasteiger partial charge in [0.2, 0.25) is 5.91 Å². The predicted molar refractivity (Wildman–Crippen MR) is 102 cm³/mol. The third-order valence-corrected chi connectivity index (χ3v) is 6.05. The molecule has 0 radical (unpaired) electrons. The normalized spacial score (nSPS) is 32.6. The summed E-state index contributed by atoms with van der Waals surface area (Å²) in [5, 5.41) is 0. The first kappa shape index (κ1) is 20.9. The van der Waals surface area contributed by atoms with E-state index in [1.54, 1.807) is 11.8 Å². The summed E-state index contributed by atoms with van der Waals surface area (Å²) in [6.07, 6.45) is 2.76. The maximum absolute atomic E-state index is 12.9. The number of rotatable bonds is 4. The van der Waals surface area contributed by atoms with Gasteiger partial charge in [0.25, 0.3) is 0 Å². The molecule has 0 aromatic heterocycles. The minimum absolute atomic E-state index is 0.00385. The van der Waals surface area contributed by atoms with Gasteiger partial charge in [0.05, 0.1) is 25.1 Å². The number of fused-ring (bicyclic) bond motifs is 2. The second kappa shape index (κ2) is 7.89. The zero-order valence-electron chi connectivity index (χ0n) is 17.3. The van der Waals surface area contributed by atoms with Gasteiger partial charge in [-0.3, -0.25) is 9.59 Å². The van der Waals surface area contributed by atoms with Crippen molar-refractivity contribution in [1.82, 2.24) is 9.80 Å². The average molecular weight is 396 g/mol. The molecule has 5 atom stereocenters.